The number of nitrogens with zero attached hydrogens (tertiary/aromatic N) is 2. The number of rotatable bonds is 9. The van der Waals surface area contributed by atoms with Gasteiger partial charge in [-0.2, -0.15) is 5.10 Å². The summed E-state index contributed by atoms with van der Waals surface area (Å²) in [5.74, 6) is -0.198. The van der Waals surface area contributed by atoms with E-state index in [0.29, 0.717) is 34.9 Å². The van der Waals surface area contributed by atoms with Crippen LogP contribution in [0.3, 0.4) is 0 Å². The van der Waals surface area contributed by atoms with E-state index in [4.69, 9.17) is 12.2 Å². The van der Waals surface area contributed by atoms with Crippen molar-refractivity contribution in [3.63, 3.8) is 0 Å². The van der Waals surface area contributed by atoms with Crippen LogP contribution < -0.4 is 10.7 Å². The van der Waals surface area contributed by atoms with Gasteiger partial charge in [-0.25, -0.2) is 0 Å². The molecule has 9 heteroatoms. The SMILES string of the molecule is COC(=O)CCCCCNC(=S)N/N=C(/C)c1ccc(C)c([N+](=O)[O-])c1. The van der Waals surface area contributed by atoms with Crippen molar-refractivity contribution < 1.29 is 14.5 Å². The fourth-order valence-corrected chi connectivity index (χ4v) is 2.29. The second kappa shape index (κ2) is 11.1. The summed E-state index contributed by atoms with van der Waals surface area (Å²) >= 11 is 5.14. The minimum atomic E-state index is -0.411. The Morgan fingerprint density at radius 1 is 1.35 bits per heavy atom. The van der Waals surface area contributed by atoms with Crippen molar-refractivity contribution in [1.82, 2.24) is 10.7 Å². The summed E-state index contributed by atoms with van der Waals surface area (Å²) in [4.78, 5) is 21.6. The second-order valence-corrected chi connectivity index (χ2v) is 6.12. The van der Waals surface area contributed by atoms with E-state index >= 15 is 0 Å². The number of carbonyl (C=O) groups excluding carboxylic acids is 1. The molecule has 0 aliphatic carbocycles. The Kier molecular flexibility index (Phi) is 9.21. The molecule has 8 nitrogen and oxygen atoms in total. The molecule has 0 aromatic heterocycles. The Labute approximate surface area is 158 Å². The van der Waals surface area contributed by atoms with Crippen LogP contribution in [0.5, 0.6) is 0 Å². The van der Waals surface area contributed by atoms with Crippen LogP contribution in [0.1, 0.15) is 43.7 Å². The van der Waals surface area contributed by atoms with Crippen LogP contribution in [0, 0.1) is 17.0 Å². The number of thiocarbonyl (C=S) groups is 1. The number of hydrogen-bond donors (Lipinski definition) is 2. The zero-order valence-electron chi connectivity index (χ0n) is 15.2. The number of carbonyl (C=O) groups is 1. The van der Waals surface area contributed by atoms with Gasteiger partial charge < -0.3 is 10.1 Å². The van der Waals surface area contributed by atoms with E-state index in [1.54, 1.807) is 26.0 Å². The summed E-state index contributed by atoms with van der Waals surface area (Å²) in [5.41, 5.74) is 4.63. The van der Waals surface area contributed by atoms with Crippen LogP contribution in [-0.2, 0) is 9.53 Å². The zero-order valence-corrected chi connectivity index (χ0v) is 16.0. The molecule has 2 N–H and O–H groups in total. The maximum atomic E-state index is 11.0. The molecule has 0 unspecified atom stereocenters. The summed E-state index contributed by atoms with van der Waals surface area (Å²) in [7, 11) is 1.38. The summed E-state index contributed by atoms with van der Waals surface area (Å²) in [6, 6.07) is 4.96. The molecule has 0 spiro atoms. The highest BCUT2D eigenvalue weighted by atomic mass is 32.1. The number of nitro groups is 1. The monoisotopic (exact) mass is 380 g/mol. The highest BCUT2D eigenvalue weighted by molar-refractivity contribution is 7.80. The summed E-state index contributed by atoms with van der Waals surface area (Å²) in [6.07, 6.45) is 2.95. The van der Waals surface area contributed by atoms with Gasteiger partial charge in [0.15, 0.2) is 5.11 Å². The third-order valence-electron chi connectivity index (χ3n) is 3.72. The molecule has 1 rings (SSSR count). The highest BCUT2D eigenvalue weighted by Crippen LogP contribution is 2.19. The maximum absolute atomic E-state index is 11.0. The summed E-state index contributed by atoms with van der Waals surface area (Å²) in [6.45, 7) is 4.10. The van der Waals surface area contributed by atoms with Crippen molar-refractivity contribution in [3.05, 3.63) is 39.4 Å². The van der Waals surface area contributed by atoms with Crippen LogP contribution >= 0.6 is 12.2 Å². The third-order valence-corrected chi connectivity index (χ3v) is 3.96. The molecule has 0 bridgehead atoms. The van der Waals surface area contributed by atoms with Gasteiger partial charge in [0, 0.05) is 30.2 Å². The Balaban J connectivity index is 2.40. The number of aryl methyl sites for hydroxylation is 1. The molecule has 1 aromatic rings. The van der Waals surface area contributed by atoms with E-state index in [9.17, 15) is 14.9 Å². The Hall–Kier alpha value is -2.55. The Morgan fingerprint density at radius 3 is 2.73 bits per heavy atom. The van der Waals surface area contributed by atoms with Gasteiger partial charge >= 0.3 is 5.97 Å². The molecule has 0 aliphatic heterocycles. The van der Waals surface area contributed by atoms with Crippen LogP contribution in [0.2, 0.25) is 0 Å². The Bertz CT molecular complexity index is 691. The molecule has 0 aliphatic rings. The van der Waals surface area contributed by atoms with Gasteiger partial charge in [0.1, 0.15) is 0 Å². The number of benzene rings is 1. The maximum Gasteiger partial charge on any atom is 0.305 e. The lowest BCUT2D eigenvalue weighted by Gasteiger charge is -2.08. The predicted octanol–water partition coefficient (Wildman–Crippen LogP) is 2.82. The number of nitrogens with one attached hydrogen (secondary N) is 2. The third kappa shape index (κ3) is 7.56. The molecule has 0 saturated carbocycles. The molecule has 1 aromatic carbocycles. The van der Waals surface area contributed by atoms with Crippen molar-refractivity contribution in [3.8, 4) is 0 Å². The largest absolute Gasteiger partial charge is 0.469 e. The zero-order chi connectivity index (χ0) is 19.5. The van der Waals surface area contributed by atoms with Gasteiger partial charge in [-0.1, -0.05) is 18.6 Å². The fourth-order valence-electron chi connectivity index (χ4n) is 2.14. The number of hydrazone groups is 1. The lowest BCUT2D eigenvalue weighted by molar-refractivity contribution is -0.385. The van der Waals surface area contributed by atoms with E-state index in [0.717, 1.165) is 19.3 Å². The van der Waals surface area contributed by atoms with Crippen LogP contribution in [-0.4, -0.2) is 35.4 Å². The first-order valence-corrected chi connectivity index (χ1v) is 8.66. The molecule has 0 radical (unpaired) electrons. The number of methoxy groups -OCH3 is 1. The molecule has 0 amide bonds. The molecule has 0 saturated heterocycles. The topological polar surface area (TPSA) is 106 Å². The molecule has 0 fully saturated rings. The fraction of sp³-hybridized carbons (Fsp3) is 0.471. The van der Waals surface area contributed by atoms with Gasteiger partial charge in [-0.15, -0.1) is 0 Å². The number of hydrogen-bond acceptors (Lipinski definition) is 6. The molecule has 0 atom stereocenters. The molecule has 142 valence electrons. The molecular formula is C17H24N4O4S. The summed E-state index contributed by atoms with van der Waals surface area (Å²) < 4.78 is 4.58. The van der Waals surface area contributed by atoms with Gasteiger partial charge in [0.05, 0.1) is 17.7 Å². The van der Waals surface area contributed by atoms with Gasteiger partial charge in [0.25, 0.3) is 5.69 Å². The number of unbranched alkanes of at least 4 members (excludes halogenated alkanes) is 2. The van der Waals surface area contributed by atoms with E-state index in [1.165, 1.54) is 13.2 Å². The minimum Gasteiger partial charge on any atom is -0.469 e. The number of esters is 1. The number of ether oxygens (including phenoxy) is 1. The standard InChI is InChI=1S/C17H24N4O4S/c1-12-8-9-14(11-15(12)21(23)24)13(2)19-20-17(26)18-10-6-4-5-7-16(22)25-3/h8-9,11H,4-7,10H2,1-3H3,(H2,18,20,26)/b19-13-. The van der Waals surface area contributed by atoms with Crippen LogP contribution in [0.15, 0.2) is 23.3 Å². The van der Waals surface area contributed by atoms with Gasteiger partial charge in [0.2, 0.25) is 0 Å². The lowest BCUT2D eigenvalue weighted by atomic mass is 10.1. The minimum absolute atomic E-state index is 0.0599. The van der Waals surface area contributed by atoms with Crippen molar-refractivity contribution in [2.24, 2.45) is 5.10 Å². The van der Waals surface area contributed by atoms with Crippen LogP contribution in [0.25, 0.3) is 0 Å². The molecule has 26 heavy (non-hydrogen) atoms. The molecular weight excluding hydrogens is 356 g/mol. The van der Waals surface area contributed by atoms with Crippen molar-refractivity contribution in [2.75, 3.05) is 13.7 Å². The highest BCUT2D eigenvalue weighted by Gasteiger charge is 2.12. The smallest absolute Gasteiger partial charge is 0.305 e. The van der Waals surface area contributed by atoms with Crippen molar-refractivity contribution in [1.29, 1.82) is 0 Å². The summed E-state index contributed by atoms with van der Waals surface area (Å²) in [5, 5.41) is 18.6. The first-order valence-electron chi connectivity index (χ1n) is 8.25. The van der Waals surface area contributed by atoms with E-state index in [1.807, 2.05) is 0 Å². The average molecular weight is 380 g/mol. The molecule has 0 heterocycles. The van der Waals surface area contributed by atoms with Crippen molar-refractivity contribution >= 4 is 34.7 Å². The van der Waals surface area contributed by atoms with Crippen molar-refractivity contribution in [2.45, 2.75) is 39.5 Å². The van der Waals surface area contributed by atoms with E-state index in [-0.39, 0.29) is 11.7 Å². The number of nitro benzene ring substituents is 1. The normalized spacial score (nSPS) is 11.0. The van der Waals surface area contributed by atoms with Gasteiger partial charge in [-0.05, 0) is 38.9 Å². The Morgan fingerprint density at radius 2 is 2.08 bits per heavy atom. The van der Waals surface area contributed by atoms with Gasteiger partial charge in [-0.3, -0.25) is 20.3 Å². The lowest BCUT2D eigenvalue weighted by Crippen LogP contribution is -2.33. The quantitative estimate of drug-likeness (QED) is 0.169. The second-order valence-electron chi connectivity index (χ2n) is 5.71. The first-order chi connectivity index (χ1) is 12.3. The van der Waals surface area contributed by atoms with E-state index in [2.05, 4.69) is 20.6 Å². The average Bonchev–Trinajstić information content (AvgIpc) is 2.62. The van der Waals surface area contributed by atoms with E-state index < -0.39 is 4.92 Å². The van der Waals surface area contributed by atoms with Crippen LogP contribution in [0.4, 0.5) is 5.69 Å². The predicted molar refractivity (Wildman–Crippen MR) is 104 cm³/mol. The first kappa shape index (κ1) is 21.5.